The molecule has 4 heteroatoms. The number of hydrogen-bond acceptors (Lipinski definition) is 3. The van der Waals surface area contributed by atoms with E-state index in [1.807, 2.05) is 25.1 Å². The normalized spacial score (nSPS) is 10.4. The van der Waals surface area contributed by atoms with Crippen molar-refractivity contribution in [2.45, 2.75) is 13.5 Å². The van der Waals surface area contributed by atoms with Crippen molar-refractivity contribution in [3.8, 4) is 6.07 Å². The molecule has 0 saturated heterocycles. The van der Waals surface area contributed by atoms with Gasteiger partial charge in [-0.3, -0.25) is 0 Å². The number of aryl methyl sites for hydroxylation is 1. The molecule has 0 unspecified atom stereocenters. The highest BCUT2D eigenvalue weighted by molar-refractivity contribution is 6.31. The van der Waals surface area contributed by atoms with Crippen molar-refractivity contribution in [2.75, 3.05) is 0 Å². The highest BCUT2D eigenvalue weighted by atomic mass is 35.5. The van der Waals surface area contributed by atoms with Gasteiger partial charge in [-0.1, -0.05) is 35.9 Å². The highest BCUT2D eigenvalue weighted by Crippen LogP contribution is 2.17. The molecule has 0 bridgehead atoms. The topological polar surface area (TPSA) is 50.1 Å². The summed E-state index contributed by atoms with van der Waals surface area (Å²) in [6, 6.07) is 14.5. The molecule has 0 aliphatic carbocycles. The van der Waals surface area contributed by atoms with Crippen molar-refractivity contribution in [3.05, 3.63) is 75.8 Å². The number of esters is 1. The van der Waals surface area contributed by atoms with Gasteiger partial charge in [-0.05, 0) is 47.9 Å². The smallest absolute Gasteiger partial charge is 0.331 e. The Kier molecular flexibility index (Phi) is 5.35. The lowest BCUT2D eigenvalue weighted by atomic mass is 10.1. The average molecular weight is 312 g/mol. The molecule has 2 rings (SSSR count). The summed E-state index contributed by atoms with van der Waals surface area (Å²) in [6.07, 6.45) is 3.02. The largest absolute Gasteiger partial charge is 0.458 e. The first-order valence-electron chi connectivity index (χ1n) is 6.68. The van der Waals surface area contributed by atoms with Crippen molar-refractivity contribution in [1.82, 2.24) is 0 Å². The van der Waals surface area contributed by atoms with E-state index in [4.69, 9.17) is 21.6 Å². The summed E-state index contributed by atoms with van der Waals surface area (Å²) in [5.41, 5.74) is 3.23. The molecule has 0 heterocycles. The van der Waals surface area contributed by atoms with Crippen LogP contribution in [0, 0.1) is 18.3 Å². The Morgan fingerprint density at radius 1 is 1.27 bits per heavy atom. The van der Waals surface area contributed by atoms with Crippen LogP contribution in [0.4, 0.5) is 0 Å². The van der Waals surface area contributed by atoms with Gasteiger partial charge in [-0.2, -0.15) is 5.26 Å². The van der Waals surface area contributed by atoms with E-state index in [1.54, 1.807) is 36.4 Å². The first kappa shape index (κ1) is 15.8. The first-order valence-corrected chi connectivity index (χ1v) is 7.06. The molecule has 0 aliphatic heterocycles. The number of ether oxygens (including phenoxy) is 1. The van der Waals surface area contributed by atoms with Gasteiger partial charge >= 0.3 is 5.97 Å². The second kappa shape index (κ2) is 7.44. The Labute approximate surface area is 134 Å². The third-order valence-corrected chi connectivity index (χ3v) is 3.48. The van der Waals surface area contributed by atoms with Gasteiger partial charge in [-0.15, -0.1) is 0 Å². The fourth-order valence-corrected chi connectivity index (χ4v) is 1.94. The van der Waals surface area contributed by atoms with E-state index in [2.05, 4.69) is 0 Å². The predicted octanol–water partition coefficient (Wildman–Crippen LogP) is 4.28. The summed E-state index contributed by atoms with van der Waals surface area (Å²) in [6.45, 7) is 2.09. The molecule has 0 amide bonds. The Morgan fingerprint density at radius 3 is 2.64 bits per heavy atom. The highest BCUT2D eigenvalue weighted by Gasteiger charge is 2.00. The van der Waals surface area contributed by atoms with Crippen molar-refractivity contribution >= 4 is 23.6 Å². The fraction of sp³-hybridized carbons (Fsp3) is 0.111. The average Bonchev–Trinajstić information content (AvgIpc) is 2.54. The van der Waals surface area contributed by atoms with E-state index in [1.165, 1.54) is 6.08 Å². The zero-order chi connectivity index (χ0) is 15.9. The molecule has 0 radical (unpaired) electrons. The van der Waals surface area contributed by atoms with Crippen LogP contribution >= 0.6 is 11.6 Å². The maximum atomic E-state index is 11.7. The number of nitrogens with zero attached hydrogens (tertiary/aromatic N) is 1. The van der Waals surface area contributed by atoms with Crippen LogP contribution in [-0.4, -0.2) is 5.97 Å². The van der Waals surface area contributed by atoms with Crippen molar-refractivity contribution in [1.29, 1.82) is 5.26 Å². The molecule has 0 aliphatic rings. The van der Waals surface area contributed by atoms with Gasteiger partial charge in [0.15, 0.2) is 0 Å². The molecular weight excluding hydrogens is 298 g/mol. The number of halogens is 1. The third kappa shape index (κ3) is 4.47. The molecule has 22 heavy (non-hydrogen) atoms. The van der Waals surface area contributed by atoms with Crippen molar-refractivity contribution in [3.63, 3.8) is 0 Å². The van der Waals surface area contributed by atoms with Gasteiger partial charge in [0.2, 0.25) is 0 Å². The van der Waals surface area contributed by atoms with E-state index >= 15 is 0 Å². The van der Waals surface area contributed by atoms with Crippen LogP contribution in [-0.2, 0) is 16.1 Å². The Morgan fingerprint density at radius 2 is 2.00 bits per heavy atom. The zero-order valence-corrected chi connectivity index (χ0v) is 12.8. The summed E-state index contributed by atoms with van der Waals surface area (Å²) in [5, 5.41) is 9.37. The van der Waals surface area contributed by atoms with E-state index < -0.39 is 5.97 Å². The predicted molar refractivity (Wildman–Crippen MR) is 86.2 cm³/mol. The van der Waals surface area contributed by atoms with Gasteiger partial charge in [0, 0.05) is 11.1 Å². The Balaban J connectivity index is 1.90. The molecule has 0 fully saturated rings. The van der Waals surface area contributed by atoms with E-state index in [9.17, 15) is 4.79 Å². The number of carbonyl (C=O) groups excluding carboxylic acids is 1. The third-order valence-electron chi connectivity index (χ3n) is 3.07. The molecule has 2 aromatic rings. The Hall–Kier alpha value is -2.57. The minimum absolute atomic E-state index is 0.170. The number of nitriles is 1. The van der Waals surface area contributed by atoms with E-state index in [0.29, 0.717) is 10.6 Å². The van der Waals surface area contributed by atoms with Crippen LogP contribution in [0.15, 0.2) is 48.5 Å². The maximum Gasteiger partial charge on any atom is 0.331 e. The van der Waals surface area contributed by atoms with Gasteiger partial charge in [0.05, 0.1) is 11.6 Å². The molecule has 110 valence electrons. The number of carbonyl (C=O) groups is 1. The van der Waals surface area contributed by atoms with Crippen LogP contribution in [0.2, 0.25) is 5.02 Å². The maximum absolute atomic E-state index is 11.7. The molecule has 0 spiro atoms. The number of benzene rings is 2. The monoisotopic (exact) mass is 311 g/mol. The van der Waals surface area contributed by atoms with E-state index in [-0.39, 0.29) is 6.61 Å². The fourth-order valence-electron chi connectivity index (χ4n) is 1.76. The van der Waals surface area contributed by atoms with Gasteiger partial charge in [0.1, 0.15) is 6.61 Å². The molecule has 0 aromatic heterocycles. The lowest BCUT2D eigenvalue weighted by Gasteiger charge is -2.02. The minimum atomic E-state index is -0.430. The van der Waals surface area contributed by atoms with Crippen molar-refractivity contribution < 1.29 is 9.53 Å². The zero-order valence-electron chi connectivity index (χ0n) is 12.0. The van der Waals surface area contributed by atoms with Crippen molar-refractivity contribution in [2.24, 2.45) is 0 Å². The van der Waals surface area contributed by atoms with Gasteiger partial charge in [0.25, 0.3) is 0 Å². The second-order valence-electron chi connectivity index (χ2n) is 4.76. The van der Waals surface area contributed by atoms with Crippen LogP contribution in [0.25, 0.3) is 6.08 Å². The second-order valence-corrected chi connectivity index (χ2v) is 5.17. The van der Waals surface area contributed by atoms with Crippen LogP contribution in [0.5, 0.6) is 0 Å². The molecule has 0 atom stereocenters. The molecule has 0 saturated carbocycles. The lowest BCUT2D eigenvalue weighted by molar-refractivity contribution is -0.138. The number of rotatable bonds is 4. The minimum Gasteiger partial charge on any atom is -0.458 e. The summed E-state index contributed by atoms with van der Waals surface area (Å²) in [4.78, 5) is 11.7. The van der Waals surface area contributed by atoms with Crippen LogP contribution in [0.1, 0.15) is 22.3 Å². The summed E-state index contributed by atoms with van der Waals surface area (Å²) < 4.78 is 5.14. The molecule has 2 aromatic carbocycles. The number of hydrogen-bond donors (Lipinski definition) is 0. The van der Waals surface area contributed by atoms with Gasteiger partial charge in [-0.25, -0.2) is 4.79 Å². The Bertz CT molecular complexity index is 743. The first-order chi connectivity index (χ1) is 10.6. The van der Waals surface area contributed by atoms with Gasteiger partial charge < -0.3 is 4.74 Å². The molecule has 3 nitrogen and oxygen atoms in total. The molecular formula is C18H14ClNO2. The van der Waals surface area contributed by atoms with Crippen LogP contribution < -0.4 is 0 Å². The summed E-state index contributed by atoms with van der Waals surface area (Å²) in [7, 11) is 0. The summed E-state index contributed by atoms with van der Waals surface area (Å²) >= 11 is 6.02. The standard InChI is InChI=1S/C18H14ClNO2/c1-13-2-3-14(10-17(13)19)8-9-18(21)22-12-16-6-4-15(11-20)5-7-16/h2-10H,12H2,1H3/b9-8+. The SMILES string of the molecule is Cc1ccc(/C=C/C(=O)OCc2ccc(C#N)cc2)cc1Cl. The lowest BCUT2D eigenvalue weighted by Crippen LogP contribution is -2.00. The molecule has 0 N–H and O–H groups in total. The van der Waals surface area contributed by atoms with Crippen LogP contribution in [0.3, 0.4) is 0 Å². The quantitative estimate of drug-likeness (QED) is 0.625. The summed E-state index contributed by atoms with van der Waals surface area (Å²) in [5.74, 6) is -0.430. The van der Waals surface area contributed by atoms with E-state index in [0.717, 1.165) is 16.7 Å².